The minimum atomic E-state index is -0.935. The van der Waals surface area contributed by atoms with Gasteiger partial charge in [0.05, 0.1) is 12.1 Å². The predicted molar refractivity (Wildman–Crippen MR) is 67.9 cm³/mol. The maximum Gasteiger partial charge on any atom is 0.312 e. The van der Waals surface area contributed by atoms with Crippen LogP contribution in [0.1, 0.15) is 27.5 Å². The van der Waals surface area contributed by atoms with Crippen LogP contribution in [0.25, 0.3) is 0 Å². The number of carbonyl (C=O) groups excluding carboxylic acids is 1. The molecule has 1 unspecified atom stereocenters. The smallest absolute Gasteiger partial charge is 0.312 e. The molecule has 0 saturated carbocycles. The van der Waals surface area contributed by atoms with Crippen LogP contribution in [0.3, 0.4) is 0 Å². The molecule has 0 bridgehead atoms. The third-order valence-corrected chi connectivity index (χ3v) is 3.41. The van der Waals surface area contributed by atoms with Crippen LogP contribution >= 0.6 is 0 Å². The van der Waals surface area contributed by atoms with Crippen molar-refractivity contribution in [3.8, 4) is 0 Å². The molecular weight excluding hydrogens is 260 g/mol. The first-order chi connectivity index (χ1) is 9.66. The average Bonchev–Trinajstić information content (AvgIpc) is 2.99. The molecule has 1 aliphatic rings. The Morgan fingerprint density at radius 3 is 2.85 bits per heavy atom. The Labute approximate surface area is 114 Å². The topological polar surface area (TPSA) is 99.2 Å². The van der Waals surface area contributed by atoms with Crippen molar-refractivity contribution in [2.24, 2.45) is 0 Å². The molecule has 1 aromatic carbocycles. The number of aliphatic carboxylic acids is 1. The van der Waals surface area contributed by atoms with Crippen molar-refractivity contribution in [2.75, 3.05) is 6.54 Å². The zero-order valence-electron chi connectivity index (χ0n) is 10.5. The summed E-state index contributed by atoms with van der Waals surface area (Å²) in [6.45, 7) is 0.518. The van der Waals surface area contributed by atoms with E-state index in [1.54, 1.807) is 6.07 Å². The van der Waals surface area contributed by atoms with Gasteiger partial charge in [-0.15, -0.1) is 0 Å². The second-order valence-corrected chi connectivity index (χ2v) is 4.63. The van der Waals surface area contributed by atoms with Crippen molar-refractivity contribution < 1.29 is 14.7 Å². The summed E-state index contributed by atoms with van der Waals surface area (Å²) >= 11 is 0. The van der Waals surface area contributed by atoms with E-state index >= 15 is 0 Å². The van der Waals surface area contributed by atoms with Gasteiger partial charge in [-0.1, -0.05) is 24.3 Å². The van der Waals surface area contributed by atoms with Crippen LogP contribution in [0, 0.1) is 0 Å². The number of aromatic amines is 1. The first-order valence-electron chi connectivity index (χ1n) is 6.12. The molecule has 2 N–H and O–H groups in total. The number of carbonyl (C=O) groups is 2. The Morgan fingerprint density at radius 2 is 2.15 bits per heavy atom. The maximum absolute atomic E-state index is 12.2. The number of carboxylic acid groups (broad SMARTS) is 1. The predicted octanol–water partition coefficient (Wildman–Crippen LogP) is 0.629. The van der Waals surface area contributed by atoms with Gasteiger partial charge < -0.3 is 10.0 Å². The number of hydrogen-bond donors (Lipinski definition) is 2. The number of carboxylic acids is 1. The molecule has 0 aliphatic carbocycles. The summed E-state index contributed by atoms with van der Waals surface area (Å²) in [6, 6.07) is 7.28. The number of nitrogens with zero attached hydrogens (tertiary/aromatic N) is 3. The van der Waals surface area contributed by atoms with Crippen LogP contribution in [0.2, 0.25) is 0 Å². The van der Waals surface area contributed by atoms with Crippen LogP contribution in [0.5, 0.6) is 0 Å². The molecule has 20 heavy (non-hydrogen) atoms. The summed E-state index contributed by atoms with van der Waals surface area (Å²) in [7, 11) is 0. The zero-order valence-corrected chi connectivity index (χ0v) is 10.5. The van der Waals surface area contributed by atoms with Crippen molar-refractivity contribution in [1.82, 2.24) is 20.3 Å². The van der Waals surface area contributed by atoms with E-state index in [-0.39, 0.29) is 18.1 Å². The van der Waals surface area contributed by atoms with Gasteiger partial charge in [0.1, 0.15) is 0 Å². The highest BCUT2D eigenvalue weighted by Crippen LogP contribution is 2.29. The molecule has 2 heterocycles. The van der Waals surface area contributed by atoms with Gasteiger partial charge >= 0.3 is 5.97 Å². The highest BCUT2D eigenvalue weighted by molar-refractivity contribution is 5.92. The maximum atomic E-state index is 12.2. The fourth-order valence-electron chi connectivity index (χ4n) is 2.44. The van der Waals surface area contributed by atoms with Crippen molar-refractivity contribution >= 4 is 11.9 Å². The van der Waals surface area contributed by atoms with E-state index in [9.17, 15) is 14.7 Å². The second-order valence-electron chi connectivity index (χ2n) is 4.63. The highest BCUT2D eigenvalue weighted by atomic mass is 16.4. The van der Waals surface area contributed by atoms with Gasteiger partial charge in [-0.05, 0) is 11.1 Å². The summed E-state index contributed by atoms with van der Waals surface area (Å²) in [6.07, 6.45) is 1.33. The largest absolute Gasteiger partial charge is 0.481 e. The molecule has 1 aromatic heterocycles. The van der Waals surface area contributed by atoms with E-state index in [0.717, 1.165) is 11.1 Å². The number of aromatic nitrogens is 3. The van der Waals surface area contributed by atoms with E-state index in [1.807, 2.05) is 18.2 Å². The van der Waals surface area contributed by atoms with Crippen LogP contribution < -0.4 is 0 Å². The highest BCUT2D eigenvalue weighted by Gasteiger charge is 2.33. The van der Waals surface area contributed by atoms with Gasteiger partial charge in [-0.25, -0.2) is 0 Å². The molecular formula is C13H12N4O3. The first kappa shape index (κ1) is 12.3. The average molecular weight is 272 g/mol. The number of nitrogens with one attached hydrogen (secondary N) is 1. The van der Waals surface area contributed by atoms with Crippen LogP contribution in [0.4, 0.5) is 0 Å². The standard InChI is InChI=1S/C13H12N4O3/c18-12(11-5-14-16-15-11)17-6-8-3-1-2-4-9(8)10(7-17)13(19)20/h1-5,10H,6-7H2,(H,19,20)(H,14,15,16). The van der Waals surface area contributed by atoms with Crippen LogP contribution in [-0.4, -0.2) is 43.8 Å². The Morgan fingerprint density at radius 1 is 1.35 bits per heavy atom. The molecule has 102 valence electrons. The molecule has 0 saturated heterocycles. The van der Waals surface area contributed by atoms with Gasteiger partial charge in [0, 0.05) is 13.1 Å². The first-order valence-corrected chi connectivity index (χ1v) is 6.12. The summed E-state index contributed by atoms with van der Waals surface area (Å²) < 4.78 is 0. The Kier molecular flexibility index (Phi) is 2.94. The summed E-state index contributed by atoms with van der Waals surface area (Å²) in [5.41, 5.74) is 1.81. The Hall–Kier alpha value is -2.70. The fraction of sp³-hybridized carbons (Fsp3) is 0.231. The van der Waals surface area contributed by atoms with Crippen molar-refractivity contribution in [3.63, 3.8) is 0 Å². The lowest BCUT2D eigenvalue weighted by Crippen LogP contribution is -2.40. The minimum absolute atomic E-state index is 0.137. The third-order valence-electron chi connectivity index (χ3n) is 3.41. The molecule has 3 rings (SSSR count). The van der Waals surface area contributed by atoms with Gasteiger partial charge in [-0.2, -0.15) is 15.4 Å². The quantitative estimate of drug-likeness (QED) is 0.835. The lowest BCUT2D eigenvalue weighted by molar-refractivity contribution is -0.139. The Bertz CT molecular complexity index is 653. The van der Waals surface area contributed by atoms with E-state index in [1.165, 1.54) is 11.1 Å². The lowest BCUT2D eigenvalue weighted by Gasteiger charge is -2.32. The van der Waals surface area contributed by atoms with Gasteiger partial charge in [0.2, 0.25) is 0 Å². The Balaban J connectivity index is 1.94. The normalized spacial score (nSPS) is 17.6. The molecule has 1 aliphatic heterocycles. The van der Waals surface area contributed by atoms with Gasteiger partial charge in [0.15, 0.2) is 5.69 Å². The number of rotatable bonds is 2. The third kappa shape index (κ3) is 2.03. The van der Waals surface area contributed by atoms with Crippen molar-refractivity contribution in [3.05, 3.63) is 47.3 Å². The number of H-pyrrole nitrogens is 1. The molecule has 2 aromatic rings. The number of hydrogen-bond acceptors (Lipinski definition) is 4. The monoisotopic (exact) mass is 272 g/mol. The van der Waals surface area contributed by atoms with Crippen LogP contribution in [0.15, 0.2) is 30.5 Å². The molecule has 7 nitrogen and oxygen atoms in total. The molecule has 0 fully saturated rings. The zero-order chi connectivity index (χ0) is 14.1. The van der Waals surface area contributed by atoms with Crippen molar-refractivity contribution in [1.29, 1.82) is 0 Å². The van der Waals surface area contributed by atoms with Gasteiger partial charge in [-0.3, -0.25) is 9.59 Å². The summed E-state index contributed by atoms with van der Waals surface area (Å²) in [5.74, 6) is -1.97. The molecule has 0 spiro atoms. The number of benzene rings is 1. The summed E-state index contributed by atoms with van der Waals surface area (Å²) in [4.78, 5) is 25.1. The number of amides is 1. The summed E-state index contributed by atoms with van der Waals surface area (Å²) in [5, 5.41) is 19.1. The van der Waals surface area contributed by atoms with Crippen molar-refractivity contribution in [2.45, 2.75) is 12.5 Å². The van der Waals surface area contributed by atoms with Gasteiger partial charge in [0.25, 0.3) is 5.91 Å². The van der Waals surface area contributed by atoms with E-state index < -0.39 is 11.9 Å². The molecule has 1 amide bonds. The molecule has 7 heteroatoms. The van der Waals surface area contributed by atoms with E-state index in [4.69, 9.17) is 0 Å². The SMILES string of the molecule is O=C(O)C1CN(C(=O)c2cn[nH]n2)Cc2ccccc21. The van der Waals surface area contributed by atoms with E-state index in [0.29, 0.717) is 6.54 Å². The molecule has 0 radical (unpaired) electrons. The lowest BCUT2D eigenvalue weighted by atomic mass is 9.89. The van der Waals surface area contributed by atoms with Crippen LogP contribution in [-0.2, 0) is 11.3 Å². The molecule has 1 atom stereocenters. The number of fused-ring (bicyclic) bond motifs is 1. The minimum Gasteiger partial charge on any atom is -0.481 e. The second kappa shape index (κ2) is 4.76. The van der Waals surface area contributed by atoms with E-state index in [2.05, 4.69) is 15.4 Å². The fourth-order valence-corrected chi connectivity index (χ4v) is 2.44.